The van der Waals surface area contributed by atoms with Crippen LogP contribution < -0.4 is 10.6 Å². The molecule has 4 aromatic rings. The lowest BCUT2D eigenvalue weighted by Gasteiger charge is -2.13. The molecule has 1 unspecified atom stereocenters. The molecule has 1 heterocycles. The summed E-state index contributed by atoms with van der Waals surface area (Å²) in [5.74, 6) is -0.650. The molecule has 0 fully saturated rings. The Hall–Kier alpha value is -3.22. The second-order valence-electron chi connectivity index (χ2n) is 7.40. The van der Waals surface area contributed by atoms with Crippen molar-refractivity contribution in [3.8, 4) is 0 Å². The largest absolute Gasteiger partial charge is 0.325 e. The van der Waals surface area contributed by atoms with E-state index in [0.29, 0.717) is 15.7 Å². The number of hydrogen-bond donors (Lipinski definition) is 2. The first-order chi connectivity index (χ1) is 15.1. The molecule has 0 spiro atoms. The fourth-order valence-electron chi connectivity index (χ4n) is 3.86. The van der Waals surface area contributed by atoms with Gasteiger partial charge in [0.25, 0.3) is 5.91 Å². The van der Waals surface area contributed by atoms with Crippen LogP contribution in [0.4, 0.5) is 10.8 Å². The number of rotatable bonds is 4. The van der Waals surface area contributed by atoms with Gasteiger partial charge >= 0.3 is 0 Å². The number of carbonyl (C=O) groups is 2. The van der Waals surface area contributed by atoms with E-state index in [4.69, 9.17) is 11.6 Å². The van der Waals surface area contributed by atoms with Gasteiger partial charge in [0.15, 0.2) is 5.13 Å². The van der Waals surface area contributed by atoms with E-state index in [0.717, 1.165) is 39.9 Å². The van der Waals surface area contributed by atoms with E-state index in [1.807, 2.05) is 42.5 Å². The van der Waals surface area contributed by atoms with Crippen molar-refractivity contribution in [1.29, 1.82) is 0 Å². The summed E-state index contributed by atoms with van der Waals surface area (Å²) in [6.07, 6.45) is 1.49. The minimum absolute atomic E-state index is 0.0732. The van der Waals surface area contributed by atoms with Crippen LogP contribution in [-0.4, -0.2) is 16.8 Å². The molecule has 2 amide bonds. The molecule has 0 saturated heterocycles. The standard InChI is InChI=1S/C24H18ClN3O2S/c25-16-10-8-15(9-11-16)22(29)28-24-27-21-18(12-13-20(21)31-24)23(30)26-19-7-3-5-14-4-1-2-6-17(14)19/h1-11,18H,12-13H2,(H,26,30)(H,27,28,29). The first kappa shape index (κ1) is 19.7. The molecule has 2 N–H and O–H groups in total. The molecule has 0 radical (unpaired) electrons. The third-order valence-corrected chi connectivity index (χ3v) is 6.71. The molecule has 0 saturated carbocycles. The number of aryl methyl sites for hydroxylation is 1. The molecule has 1 aromatic heterocycles. The van der Waals surface area contributed by atoms with Crippen LogP contribution in [0.3, 0.4) is 0 Å². The van der Waals surface area contributed by atoms with Crippen LogP contribution in [0.1, 0.15) is 33.3 Å². The van der Waals surface area contributed by atoms with Crippen molar-refractivity contribution in [2.24, 2.45) is 0 Å². The molecule has 5 rings (SSSR count). The van der Waals surface area contributed by atoms with Crippen LogP contribution in [0.5, 0.6) is 0 Å². The van der Waals surface area contributed by atoms with E-state index in [2.05, 4.69) is 15.6 Å². The van der Waals surface area contributed by atoms with E-state index in [-0.39, 0.29) is 17.7 Å². The summed E-state index contributed by atoms with van der Waals surface area (Å²) in [4.78, 5) is 31.2. The summed E-state index contributed by atoms with van der Waals surface area (Å²) in [7, 11) is 0. The highest BCUT2D eigenvalue weighted by molar-refractivity contribution is 7.16. The Bertz CT molecular complexity index is 1290. The molecule has 1 aliphatic carbocycles. The second-order valence-corrected chi connectivity index (χ2v) is 8.92. The Kier molecular flexibility index (Phi) is 5.18. The molecule has 5 nitrogen and oxygen atoms in total. The molecule has 154 valence electrons. The first-order valence-corrected chi connectivity index (χ1v) is 11.1. The van der Waals surface area contributed by atoms with Crippen molar-refractivity contribution in [2.75, 3.05) is 10.6 Å². The Balaban J connectivity index is 1.33. The molecule has 0 aliphatic heterocycles. The van der Waals surface area contributed by atoms with Crippen LogP contribution in [0, 0.1) is 0 Å². The second kappa shape index (κ2) is 8.13. The summed E-state index contributed by atoms with van der Waals surface area (Å²) < 4.78 is 0. The van der Waals surface area contributed by atoms with Crippen LogP contribution in [-0.2, 0) is 11.2 Å². The topological polar surface area (TPSA) is 71.1 Å². The zero-order valence-electron chi connectivity index (χ0n) is 16.4. The number of nitrogens with zero attached hydrogens (tertiary/aromatic N) is 1. The fraction of sp³-hybridized carbons (Fsp3) is 0.125. The highest BCUT2D eigenvalue weighted by atomic mass is 35.5. The van der Waals surface area contributed by atoms with Crippen molar-refractivity contribution in [3.63, 3.8) is 0 Å². The molecular weight excluding hydrogens is 430 g/mol. The third-order valence-electron chi connectivity index (χ3n) is 5.41. The molecule has 1 atom stereocenters. The van der Waals surface area contributed by atoms with Gasteiger partial charge in [-0.25, -0.2) is 4.98 Å². The van der Waals surface area contributed by atoms with Crippen molar-refractivity contribution >= 4 is 56.3 Å². The first-order valence-electron chi connectivity index (χ1n) is 9.93. The number of amides is 2. The number of thiazole rings is 1. The van der Waals surface area contributed by atoms with Gasteiger partial charge in [-0.05, 0) is 48.6 Å². The normalized spacial score (nSPS) is 14.9. The van der Waals surface area contributed by atoms with Gasteiger partial charge in [0, 0.05) is 26.5 Å². The average Bonchev–Trinajstić information content (AvgIpc) is 3.34. The van der Waals surface area contributed by atoms with Gasteiger partial charge in [-0.2, -0.15) is 0 Å². The molecule has 31 heavy (non-hydrogen) atoms. The zero-order chi connectivity index (χ0) is 21.4. The summed E-state index contributed by atoms with van der Waals surface area (Å²) >= 11 is 7.31. The highest BCUT2D eigenvalue weighted by Crippen LogP contribution is 2.39. The van der Waals surface area contributed by atoms with E-state index < -0.39 is 0 Å². The van der Waals surface area contributed by atoms with Crippen LogP contribution in [0.15, 0.2) is 66.7 Å². The van der Waals surface area contributed by atoms with Gasteiger partial charge < -0.3 is 5.32 Å². The molecule has 1 aliphatic rings. The monoisotopic (exact) mass is 447 g/mol. The zero-order valence-corrected chi connectivity index (χ0v) is 18.0. The van der Waals surface area contributed by atoms with Gasteiger partial charge in [-0.15, -0.1) is 11.3 Å². The molecule has 7 heteroatoms. The number of carbonyl (C=O) groups excluding carboxylic acids is 2. The van der Waals surface area contributed by atoms with Crippen molar-refractivity contribution in [1.82, 2.24) is 4.98 Å². The predicted molar refractivity (Wildman–Crippen MR) is 125 cm³/mol. The summed E-state index contributed by atoms with van der Waals surface area (Å²) in [6.45, 7) is 0. The van der Waals surface area contributed by atoms with Gasteiger partial charge in [0.2, 0.25) is 5.91 Å². The Morgan fingerprint density at radius 2 is 1.74 bits per heavy atom. The number of benzene rings is 3. The predicted octanol–water partition coefficient (Wildman–Crippen LogP) is 5.87. The Morgan fingerprint density at radius 3 is 2.58 bits per heavy atom. The number of anilines is 2. The van der Waals surface area contributed by atoms with E-state index in [9.17, 15) is 9.59 Å². The quantitative estimate of drug-likeness (QED) is 0.411. The number of fused-ring (bicyclic) bond motifs is 2. The van der Waals surface area contributed by atoms with E-state index in [1.165, 1.54) is 11.3 Å². The SMILES string of the molecule is O=C(Nc1nc2c(s1)CCC2C(=O)Nc1cccc2ccccc12)c1ccc(Cl)cc1. The minimum atomic E-state index is -0.327. The number of aromatic nitrogens is 1. The van der Waals surface area contributed by atoms with Gasteiger partial charge in [-0.3, -0.25) is 14.9 Å². The van der Waals surface area contributed by atoms with Gasteiger partial charge in [0.1, 0.15) is 0 Å². The summed E-state index contributed by atoms with van der Waals surface area (Å²) in [5.41, 5.74) is 2.06. The summed E-state index contributed by atoms with van der Waals surface area (Å²) in [5, 5.41) is 9.07. The molecular formula is C24H18ClN3O2S. The summed E-state index contributed by atoms with van der Waals surface area (Å²) in [6, 6.07) is 20.5. The fourth-order valence-corrected chi connectivity index (χ4v) is 5.02. The Morgan fingerprint density at radius 1 is 0.968 bits per heavy atom. The number of hydrogen-bond acceptors (Lipinski definition) is 4. The number of halogens is 1. The van der Waals surface area contributed by atoms with Crippen LogP contribution in [0.2, 0.25) is 5.02 Å². The lowest BCUT2D eigenvalue weighted by Crippen LogP contribution is -2.20. The lowest BCUT2D eigenvalue weighted by molar-refractivity contribution is -0.117. The Labute approximate surface area is 188 Å². The third kappa shape index (κ3) is 3.92. The molecule has 0 bridgehead atoms. The van der Waals surface area contributed by atoms with Crippen molar-refractivity contribution in [3.05, 3.63) is 87.9 Å². The number of nitrogens with one attached hydrogen (secondary N) is 2. The van der Waals surface area contributed by atoms with E-state index >= 15 is 0 Å². The van der Waals surface area contributed by atoms with E-state index in [1.54, 1.807) is 24.3 Å². The smallest absolute Gasteiger partial charge is 0.257 e. The van der Waals surface area contributed by atoms with Gasteiger partial charge in [-0.1, -0.05) is 48.0 Å². The van der Waals surface area contributed by atoms with Crippen molar-refractivity contribution in [2.45, 2.75) is 18.8 Å². The maximum atomic E-state index is 13.1. The highest BCUT2D eigenvalue weighted by Gasteiger charge is 2.33. The maximum absolute atomic E-state index is 13.1. The average molecular weight is 448 g/mol. The minimum Gasteiger partial charge on any atom is -0.325 e. The maximum Gasteiger partial charge on any atom is 0.257 e. The van der Waals surface area contributed by atoms with Crippen molar-refractivity contribution < 1.29 is 9.59 Å². The van der Waals surface area contributed by atoms with Crippen LogP contribution >= 0.6 is 22.9 Å². The lowest BCUT2D eigenvalue weighted by atomic mass is 10.1. The van der Waals surface area contributed by atoms with Crippen LogP contribution in [0.25, 0.3) is 10.8 Å². The molecule has 3 aromatic carbocycles. The van der Waals surface area contributed by atoms with Gasteiger partial charge in [0.05, 0.1) is 11.6 Å².